The summed E-state index contributed by atoms with van der Waals surface area (Å²) in [6.07, 6.45) is 3.79. The predicted molar refractivity (Wildman–Crippen MR) is 110 cm³/mol. The molecular weight excluding hydrogens is 352 g/mol. The molecule has 0 radical (unpaired) electrons. The van der Waals surface area contributed by atoms with Crippen molar-refractivity contribution in [1.82, 2.24) is 10.3 Å². The van der Waals surface area contributed by atoms with Gasteiger partial charge in [0.25, 0.3) is 5.91 Å². The lowest BCUT2D eigenvalue weighted by atomic mass is 9.98. The SMILES string of the molecule is COc1ccc(-c2ccc(C(=O)NCC3CCOCC3)cc2)c2cccnc12. The standard InChI is InChI=1S/C23H24N2O3/c1-27-21-9-8-19(20-3-2-12-24-22(20)21)17-4-6-18(7-5-17)23(26)25-15-16-10-13-28-14-11-16/h2-9,12,16H,10-11,13-15H2,1H3,(H,25,26). The first-order chi connectivity index (χ1) is 13.8. The van der Waals surface area contributed by atoms with E-state index in [0.29, 0.717) is 18.0 Å². The molecule has 1 aliphatic rings. The van der Waals surface area contributed by atoms with E-state index in [1.54, 1.807) is 13.3 Å². The maximum Gasteiger partial charge on any atom is 0.251 e. The molecule has 5 heteroatoms. The minimum atomic E-state index is -0.0284. The van der Waals surface area contributed by atoms with Gasteiger partial charge in [-0.25, -0.2) is 0 Å². The van der Waals surface area contributed by atoms with Crippen LogP contribution in [0.5, 0.6) is 5.75 Å². The normalized spacial score (nSPS) is 14.8. The highest BCUT2D eigenvalue weighted by Gasteiger charge is 2.15. The molecule has 1 amide bonds. The highest BCUT2D eigenvalue weighted by molar-refractivity contribution is 5.99. The van der Waals surface area contributed by atoms with Crippen LogP contribution in [0.2, 0.25) is 0 Å². The lowest BCUT2D eigenvalue weighted by molar-refractivity contribution is 0.0642. The van der Waals surface area contributed by atoms with Crippen molar-refractivity contribution in [2.75, 3.05) is 26.9 Å². The van der Waals surface area contributed by atoms with E-state index >= 15 is 0 Å². The number of ether oxygens (including phenoxy) is 2. The fourth-order valence-corrected chi connectivity index (χ4v) is 3.65. The Morgan fingerprint density at radius 2 is 1.93 bits per heavy atom. The first kappa shape index (κ1) is 18.4. The average molecular weight is 376 g/mol. The highest BCUT2D eigenvalue weighted by Crippen LogP contribution is 2.33. The molecule has 0 aliphatic carbocycles. The van der Waals surface area contributed by atoms with Gasteiger partial charge in [-0.3, -0.25) is 9.78 Å². The maximum absolute atomic E-state index is 12.5. The summed E-state index contributed by atoms with van der Waals surface area (Å²) in [6, 6.07) is 15.6. The summed E-state index contributed by atoms with van der Waals surface area (Å²) in [5.74, 6) is 1.23. The number of nitrogens with one attached hydrogen (secondary N) is 1. The van der Waals surface area contributed by atoms with Crippen molar-refractivity contribution in [2.45, 2.75) is 12.8 Å². The van der Waals surface area contributed by atoms with Gasteiger partial charge in [-0.1, -0.05) is 18.2 Å². The van der Waals surface area contributed by atoms with Gasteiger partial charge in [0.1, 0.15) is 11.3 Å². The molecule has 1 aliphatic heterocycles. The van der Waals surface area contributed by atoms with Crippen molar-refractivity contribution >= 4 is 16.8 Å². The molecule has 28 heavy (non-hydrogen) atoms. The fourth-order valence-electron chi connectivity index (χ4n) is 3.65. The van der Waals surface area contributed by atoms with Crippen molar-refractivity contribution in [2.24, 2.45) is 5.92 Å². The lowest BCUT2D eigenvalue weighted by Gasteiger charge is -2.22. The van der Waals surface area contributed by atoms with Crippen molar-refractivity contribution in [3.63, 3.8) is 0 Å². The van der Waals surface area contributed by atoms with Crippen molar-refractivity contribution < 1.29 is 14.3 Å². The molecular formula is C23H24N2O3. The Morgan fingerprint density at radius 1 is 1.14 bits per heavy atom. The van der Waals surface area contributed by atoms with E-state index in [4.69, 9.17) is 9.47 Å². The van der Waals surface area contributed by atoms with Gasteiger partial charge < -0.3 is 14.8 Å². The number of aromatic nitrogens is 1. The van der Waals surface area contributed by atoms with Crippen LogP contribution in [-0.2, 0) is 4.74 Å². The minimum absolute atomic E-state index is 0.0284. The van der Waals surface area contributed by atoms with Crippen LogP contribution in [0, 0.1) is 5.92 Å². The van der Waals surface area contributed by atoms with Gasteiger partial charge in [0.05, 0.1) is 7.11 Å². The first-order valence-electron chi connectivity index (χ1n) is 9.64. The first-order valence-corrected chi connectivity index (χ1v) is 9.64. The van der Waals surface area contributed by atoms with E-state index < -0.39 is 0 Å². The lowest BCUT2D eigenvalue weighted by Crippen LogP contribution is -2.32. The number of hydrogen-bond acceptors (Lipinski definition) is 4. The third kappa shape index (κ3) is 3.85. The number of rotatable bonds is 5. The van der Waals surface area contributed by atoms with E-state index in [2.05, 4.69) is 10.3 Å². The molecule has 5 nitrogen and oxygen atoms in total. The predicted octanol–water partition coefficient (Wildman–Crippen LogP) is 4.07. The molecule has 2 aromatic carbocycles. The number of hydrogen-bond donors (Lipinski definition) is 1. The monoisotopic (exact) mass is 376 g/mol. The summed E-state index contributed by atoms with van der Waals surface area (Å²) in [5, 5.41) is 4.08. The fraction of sp³-hybridized carbons (Fsp3) is 0.304. The molecule has 1 saturated heterocycles. The molecule has 0 atom stereocenters. The number of carbonyl (C=O) groups excluding carboxylic acids is 1. The zero-order valence-corrected chi connectivity index (χ0v) is 16.0. The topological polar surface area (TPSA) is 60.5 Å². The van der Waals surface area contributed by atoms with Crippen molar-refractivity contribution in [3.8, 4) is 16.9 Å². The zero-order valence-electron chi connectivity index (χ0n) is 16.0. The quantitative estimate of drug-likeness (QED) is 0.729. The van der Waals surface area contributed by atoms with Gasteiger partial charge in [0, 0.05) is 36.9 Å². The summed E-state index contributed by atoms with van der Waals surface area (Å²) in [4.78, 5) is 16.9. The molecule has 0 bridgehead atoms. The van der Waals surface area contributed by atoms with Crippen LogP contribution in [0.4, 0.5) is 0 Å². The van der Waals surface area contributed by atoms with Crippen LogP contribution in [0.25, 0.3) is 22.0 Å². The second kappa shape index (κ2) is 8.40. The molecule has 3 aromatic rings. The molecule has 4 rings (SSSR count). The number of carbonyl (C=O) groups is 1. The van der Waals surface area contributed by atoms with Gasteiger partial charge in [-0.2, -0.15) is 0 Å². The van der Waals surface area contributed by atoms with Crippen LogP contribution >= 0.6 is 0 Å². The minimum Gasteiger partial charge on any atom is -0.494 e. The molecule has 1 aromatic heterocycles. The largest absolute Gasteiger partial charge is 0.494 e. The number of pyridine rings is 1. The Labute approximate surface area is 164 Å². The van der Waals surface area contributed by atoms with Crippen molar-refractivity contribution in [1.29, 1.82) is 0 Å². The van der Waals surface area contributed by atoms with Crippen molar-refractivity contribution in [3.05, 3.63) is 60.3 Å². The molecule has 1 fully saturated rings. The summed E-state index contributed by atoms with van der Waals surface area (Å²) in [5.41, 5.74) is 3.62. The summed E-state index contributed by atoms with van der Waals surface area (Å²) in [7, 11) is 1.65. The van der Waals surface area contributed by atoms with Crippen LogP contribution in [-0.4, -0.2) is 37.8 Å². The number of benzene rings is 2. The second-order valence-electron chi connectivity index (χ2n) is 7.06. The summed E-state index contributed by atoms with van der Waals surface area (Å²) < 4.78 is 10.8. The average Bonchev–Trinajstić information content (AvgIpc) is 2.77. The Balaban J connectivity index is 1.52. The second-order valence-corrected chi connectivity index (χ2v) is 7.06. The number of amides is 1. The Kier molecular flexibility index (Phi) is 5.53. The Bertz CT molecular complexity index is 963. The third-order valence-electron chi connectivity index (χ3n) is 5.30. The van der Waals surface area contributed by atoms with E-state index in [1.807, 2.05) is 48.5 Å². The van der Waals surface area contributed by atoms with Gasteiger partial charge in [0.2, 0.25) is 0 Å². The number of nitrogens with zero attached hydrogens (tertiary/aromatic N) is 1. The third-order valence-corrected chi connectivity index (χ3v) is 5.30. The Hall–Kier alpha value is -2.92. The van der Waals surface area contributed by atoms with Gasteiger partial charge in [0.15, 0.2) is 0 Å². The van der Waals surface area contributed by atoms with Gasteiger partial charge in [-0.05, 0) is 60.2 Å². The van der Waals surface area contributed by atoms with Crippen LogP contribution in [0.3, 0.4) is 0 Å². The molecule has 144 valence electrons. The summed E-state index contributed by atoms with van der Waals surface area (Å²) >= 11 is 0. The zero-order chi connectivity index (χ0) is 19.3. The molecule has 2 heterocycles. The van der Waals surface area contributed by atoms with E-state index in [1.165, 1.54) is 0 Å². The van der Waals surface area contributed by atoms with Crippen LogP contribution < -0.4 is 10.1 Å². The molecule has 0 spiro atoms. The number of fused-ring (bicyclic) bond motifs is 1. The van der Waals surface area contributed by atoms with E-state index in [0.717, 1.165) is 53.8 Å². The molecule has 1 N–H and O–H groups in total. The highest BCUT2D eigenvalue weighted by atomic mass is 16.5. The molecule has 0 unspecified atom stereocenters. The maximum atomic E-state index is 12.5. The van der Waals surface area contributed by atoms with Crippen LogP contribution in [0.1, 0.15) is 23.2 Å². The Morgan fingerprint density at radius 3 is 2.68 bits per heavy atom. The smallest absolute Gasteiger partial charge is 0.251 e. The van der Waals surface area contributed by atoms with Gasteiger partial charge >= 0.3 is 0 Å². The van der Waals surface area contributed by atoms with Gasteiger partial charge in [-0.15, -0.1) is 0 Å². The van der Waals surface area contributed by atoms with E-state index in [-0.39, 0.29) is 5.91 Å². The van der Waals surface area contributed by atoms with Crippen LogP contribution in [0.15, 0.2) is 54.7 Å². The molecule has 0 saturated carbocycles. The summed E-state index contributed by atoms with van der Waals surface area (Å²) in [6.45, 7) is 2.29. The number of methoxy groups -OCH3 is 1. The van der Waals surface area contributed by atoms with E-state index in [9.17, 15) is 4.79 Å².